The molecule has 17 nitrogen and oxygen atoms in total. The normalized spacial score (nSPS) is 35.5. The summed E-state index contributed by atoms with van der Waals surface area (Å²) >= 11 is 0. The van der Waals surface area contributed by atoms with Gasteiger partial charge in [0.25, 0.3) is 5.91 Å². The van der Waals surface area contributed by atoms with Gasteiger partial charge in [-0.2, -0.15) is 0 Å². The highest BCUT2D eigenvalue weighted by molar-refractivity contribution is 5.92. The Kier molecular flexibility index (Phi) is 21.8. The number of rotatable bonds is 12. The van der Waals surface area contributed by atoms with Crippen LogP contribution in [-0.4, -0.2) is 127 Å². The van der Waals surface area contributed by atoms with Crippen molar-refractivity contribution in [2.75, 3.05) is 6.54 Å². The van der Waals surface area contributed by atoms with E-state index in [-0.39, 0.29) is 67.1 Å². The third-order valence-corrected chi connectivity index (χ3v) is 15.8. The first kappa shape index (κ1) is 59.0. The molecular weight excluding hydrogens is 935 g/mol. The van der Waals surface area contributed by atoms with Crippen LogP contribution >= 0.6 is 0 Å². The van der Waals surface area contributed by atoms with Crippen molar-refractivity contribution in [3.05, 3.63) is 77.9 Å². The lowest BCUT2D eigenvalue weighted by Gasteiger charge is -2.56. The maximum Gasteiger partial charge on any atom is 0.325 e. The van der Waals surface area contributed by atoms with Crippen molar-refractivity contribution in [1.82, 2.24) is 26.4 Å². The summed E-state index contributed by atoms with van der Waals surface area (Å²) in [5, 5.41) is 64.9. The molecule has 4 aliphatic heterocycles. The molecule has 1 spiro atoms. The van der Waals surface area contributed by atoms with Crippen molar-refractivity contribution in [1.29, 1.82) is 0 Å². The van der Waals surface area contributed by atoms with E-state index in [1.165, 1.54) is 23.2 Å². The second-order valence-corrected chi connectivity index (χ2v) is 21.6. The van der Waals surface area contributed by atoms with Crippen molar-refractivity contribution >= 4 is 29.6 Å². The number of nitrogens with zero attached hydrogens (tertiary/aromatic N) is 1. The fourth-order valence-corrected chi connectivity index (χ4v) is 10.5. The van der Waals surface area contributed by atoms with Crippen LogP contribution in [0.4, 0.5) is 0 Å². The topological polar surface area (TPSA) is 256 Å². The number of fused-ring (bicyclic) bond motifs is 2. The van der Waals surface area contributed by atoms with Crippen molar-refractivity contribution in [2.24, 2.45) is 41.4 Å². The number of aliphatic hydroxyl groups excluding tert-OH is 4. The van der Waals surface area contributed by atoms with Gasteiger partial charge < -0.3 is 51.0 Å². The average Bonchev–Trinajstić information content (AvgIpc) is 3.35. The van der Waals surface area contributed by atoms with E-state index in [1.54, 1.807) is 51.1 Å². The second-order valence-electron chi connectivity index (χ2n) is 21.6. The van der Waals surface area contributed by atoms with Crippen molar-refractivity contribution < 1.29 is 59.0 Å². The number of hydrogen-bond acceptors (Lipinski definition) is 13. The zero-order chi connectivity index (χ0) is 53.7. The molecular formula is C56H85N5O12. The van der Waals surface area contributed by atoms with E-state index < -0.39 is 96.0 Å². The first-order chi connectivity index (χ1) is 34.6. The van der Waals surface area contributed by atoms with Gasteiger partial charge in [-0.1, -0.05) is 110 Å². The zero-order valence-electron chi connectivity index (χ0n) is 44.4. The third kappa shape index (κ3) is 15.6. The first-order valence-corrected chi connectivity index (χ1v) is 26.6. The molecule has 0 aliphatic carbocycles. The molecule has 406 valence electrons. The lowest BCUT2D eigenvalue weighted by Crippen LogP contribution is -2.71. The maximum atomic E-state index is 14.4. The number of aliphatic hydroxyl groups is 4. The predicted molar refractivity (Wildman–Crippen MR) is 277 cm³/mol. The summed E-state index contributed by atoms with van der Waals surface area (Å²) in [5.41, 5.74) is 3.33. The highest BCUT2D eigenvalue weighted by atomic mass is 16.5. The van der Waals surface area contributed by atoms with Crippen LogP contribution in [0.15, 0.2) is 72.4 Å². The summed E-state index contributed by atoms with van der Waals surface area (Å²) < 4.78 is 12.9. The van der Waals surface area contributed by atoms with Gasteiger partial charge in [-0.25, -0.2) is 5.43 Å². The van der Waals surface area contributed by atoms with Gasteiger partial charge in [-0.05, 0) is 80.6 Å². The van der Waals surface area contributed by atoms with Crippen LogP contribution in [-0.2, 0) is 39.9 Å². The van der Waals surface area contributed by atoms with Gasteiger partial charge in [-0.15, -0.1) is 0 Å². The van der Waals surface area contributed by atoms with Gasteiger partial charge >= 0.3 is 5.97 Å². The van der Waals surface area contributed by atoms with E-state index in [1.807, 2.05) is 52.8 Å². The molecule has 0 saturated carbocycles. The standard InChI is InChI=1S/C56H85N5O12/c1-10-40-27-35(6)56(59-52(40)68)38(9)51(67)37(8)48(73-56)30-45(64)33(4)19-13-11-14-20-34(5)47-25-16-12-15-24-44(63)36(7)46(65)31-49(66)58-50(32(2)3)53(69)57-43(29-39-21-17-22-41(62)28-39)54(70)61-26-18-23-42(60-61)55(71)72-47/h11-12,14-17,20-22,24,28,32-33,35-38,40,42-48,50-51,60,62-65,67H,10,13,18-19,23,25-27,29-31H2,1-9H3,(H,57,69)(H,58,66)(H,59,68)/b14-11+,16-12+,24-15+,34-20+/t33-,35-,36?,37-,38-,40-,42-,43-,44+,45-,46-,47-,48-,50?,51-,56+/m0/s1. The van der Waals surface area contributed by atoms with Crippen LogP contribution in [0.1, 0.15) is 126 Å². The van der Waals surface area contributed by atoms with Gasteiger partial charge in [0.05, 0.1) is 36.9 Å². The molecule has 0 radical (unpaired) electrons. The fraction of sp³-hybridized carbons (Fsp3) is 0.661. The Hall–Kier alpha value is -4.91. The molecule has 5 rings (SSSR count). The van der Waals surface area contributed by atoms with Crippen LogP contribution in [0.25, 0.3) is 0 Å². The van der Waals surface area contributed by atoms with Crippen LogP contribution in [0, 0.1) is 41.4 Å². The smallest absolute Gasteiger partial charge is 0.325 e. The number of hydrogen-bond donors (Lipinski definition) is 9. The lowest BCUT2D eigenvalue weighted by atomic mass is 9.69. The molecule has 4 amide bonds. The molecule has 3 fully saturated rings. The molecule has 1 aromatic rings. The van der Waals surface area contributed by atoms with Gasteiger partial charge in [0.15, 0.2) is 0 Å². The largest absolute Gasteiger partial charge is 0.508 e. The number of carbonyl (C=O) groups is 5. The molecule has 4 heterocycles. The summed E-state index contributed by atoms with van der Waals surface area (Å²) in [6, 6.07) is 3.15. The number of esters is 1. The monoisotopic (exact) mass is 1020 g/mol. The van der Waals surface area contributed by atoms with E-state index in [0.29, 0.717) is 44.1 Å². The van der Waals surface area contributed by atoms with E-state index in [9.17, 15) is 49.5 Å². The van der Waals surface area contributed by atoms with Crippen LogP contribution < -0.4 is 21.4 Å². The molecule has 16 atom stereocenters. The zero-order valence-corrected chi connectivity index (χ0v) is 44.4. The number of allylic oxidation sites excluding steroid dienone is 5. The number of phenols is 1. The maximum absolute atomic E-state index is 14.4. The SMILES string of the molecule is CC[C@H]1C[C@H](C)[C@@]2(NC1=O)O[C@@H](C[C@H](O)[C@@H](C)CC/C=C/C=C(\C)[C@@H]1C/C=C/C=C/[C@@H](O)C(C)[C@@H](O)CC(=O)NC(C(C)C)C(=O)N[C@@H](Cc3cccc(O)c3)C(=O)N3CCC[C@H](N3)C(=O)O1)[C@H](C)[C@H](O)[C@@H]2C. The molecule has 2 bridgehead atoms. The number of carbonyl (C=O) groups excluding carboxylic acids is 5. The molecule has 17 heteroatoms. The fourth-order valence-electron chi connectivity index (χ4n) is 10.5. The van der Waals surface area contributed by atoms with E-state index in [0.717, 1.165) is 12.0 Å². The predicted octanol–water partition coefficient (Wildman–Crippen LogP) is 4.81. The van der Waals surface area contributed by atoms with Gasteiger partial charge in [0.1, 0.15) is 35.7 Å². The first-order valence-electron chi connectivity index (χ1n) is 26.6. The highest BCUT2D eigenvalue weighted by Crippen LogP contribution is 2.46. The van der Waals surface area contributed by atoms with E-state index in [4.69, 9.17) is 9.47 Å². The molecule has 2 unspecified atom stereocenters. The molecule has 0 aromatic heterocycles. The summed E-state index contributed by atoms with van der Waals surface area (Å²) in [6.45, 7) is 17.0. The lowest BCUT2D eigenvalue weighted by molar-refractivity contribution is -0.267. The molecule has 3 saturated heterocycles. The minimum absolute atomic E-state index is 0.0152. The van der Waals surface area contributed by atoms with Gasteiger partial charge in [0.2, 0.25) is 17.7 Å². The minimum Gasteiger partial charge on any atom is -0.508 e. The Balaban J connectivity index is 1.30. The average molecular weight is 1020 g/mol. The summed E-state index contributed by atoms with van der Waals surface area (Å²) in [4.78, 5) is 68.6. The highest BCUT2D eigenvalue weighted by Gasteiger charge is 2.57. The molecule has 73 heavy (non-hydrogen) atoms. The summed E-state index contributed by atoms with van der Waals surface area (Å²) in [7, 11) is 0. The number of aromatic hydroxyl groups is 1. The van der Waals surface area contributed by atoms with Crippen LogP contribution in [0.3, 0.4) is 0 Å². The Morgan fingerprint density at radius 2 is 1.73 bits per heavy atom. The number of cyclic esters (lactones) is 1. The number of ether oxygens (including phenoxy) is 2. The Labute approximate surface area is 432 Å². The number of phenolic OH excluding ortho intramolecular Hbond substituents is 1. The summed E-state index contributed by atoms with van der Waals surface area (Å²) in [6.07, 6.45) is 11.0. The van der Waals surface area contributed by atoms with Gasteiger partial charge in [0, 0.05) is 55.4 Å². The number of amides is 4. The number of benzene rings is 1. The minimum atomic E-state index is -1.26. The Morgan fingerprint density at radius 3 is 2.42 bits per heavy atom. The van der Waals surface area contributed by atoms with Crippen molar-refractivity contribution in [2.45, 2.75) is 187 Å². The van der Waals surface area contributed by atoms with Crippen LogP contribution in [0.5, 0.6) is 5.75 Å². The number of hydrazine groups is 1. The molecule has 9 N–H and O–H groups in total. The van der Waals surface area contributed by atoms with Crippen LogP contribution in [0.2, 0.25) is 0 Å². The van der Waals surface area contributed by atoms with E-state index >= 15 is 0 Å². The number of nitrogens with one attached hydrogen (secondary N) is 4. The summed E-state index contributed by atoms with van der Waals surface area (Å²) in [5.74, 6) is -4.43. The van der Waals surface area contributed by atoms with Gasteiger partial charge in [-0.3, -0.25) is 29.0 Å². The third-order valence-electron chi connectivity index (χ3n) is 15.8. The quantitative estimate of drug-likeness (QED) is 0.101. The molecule has 4 aliphatic rings. The van der Waals surface area contributed by atoms with Crippen molar-refractivity contribution in [3.8, 4) is 5.75 Å². The Bertz CT molecular complexity index is 2160. The Morgan fingerprint density at radius 1 is 0.986 bits per heavy atom. The van der Waals surface area contributed by atoms with E-state index in [2.05, 4.69) is 28.3 Å². The second kappa shape index (κ2) is 27.0. The van der Waals surface area contributed by atoms with Crippen molar-refractivity contribution in [3.63, 3.8) is 0 Å². The number of piperidine rings is 1. The molecule has 1 aromatic carbocycles.